The predicted molar refractivity (Wildman–Crippen MR) is 95.9 cm³/mol. The zero-order valence-electron chi connectivity index (χ0n) is 14.2. The number of carbonyl (C=O) groups is 1. The molecule has 2 rings (SSSR count). The van der Waals surface area contributed by atoms with Gasteiger partial charge in [0.25, 0.3) is 5.91 Å². The number of rotatable bonds is 6. The first-order chi connectivity index (χ1) is 12.0. The van der Waals surface area contributed by atoms with E-state index in [1.54, 1.807) is 19.1 Å². The van der Waals surface area contributed by atoms with Gasteiger partial charge in [-0.2, -0.15) is 5.26 Å². The van der Waals surface area contributed by atoms with Gasteiger partial charge in [-0.25, -0.2) is 0 Å². The van der Waals surface area contributed by atoms with Gasteiger partial charge < -0.3 is 15.2 Å². The lowest BCUT2D eigenvalue weighted by Crippen LogP contribution is -2.27. The van der Waals surface area contributed by atoms with E-state index in [0.29, 0.717) is 17.9 Å². The van der Waals surface area contributed by atoms with Gasteiger partial charge in [-0.15, -0.1) is 0 Å². The molecule has 0 aliphatic rings. The molecule has 0 fully saturated rings. The van der Waals surface area contributed by atoms with Crippen LogP contribution in [0.15, 0.2) is 54.1 Å². The highest BCUT2D eigenvalue weighted by Crippen LogP contribution is 2.27. The van der Waals surface area contributed by atoms with Crippen molar-refractivity contribution in [2.45, 2.75) is 19.9 Å². The number of hydrogen-bond acceptors (Lipinski definition) is 4. The fourth-order valence-electron chi connectivity index (χ4n) is 2.31. The van der Waals surface area contributed by atoms with Gasteiger partial charge in [0.1, 0.15) is 11.6 Å². The lowest BCUT2D eigenvalue weighted by atomic mass is 10.1. The highest BCUT2D eigenvalue weighted by molar-refractivity contribution is 6.01. The molecule has 128 valence electrons. The van der Waals surface area contributed by atoms with Gasteiger partial charge in [-0.3, -0.25) is 4.79 Å². The lowest BCUT2D eigenvalue weighted by molar-refractivity contribution is -0.117. The van der Waals surface area contributed by atoms with Crippen LogP contribution in [0.3, 0.4) is 0 Å². The van der Waals surface area contributed by atoms with Gasteiger partial charge in [0, 0.05) is 0 Å². The molecule has 0 unspecified atom stereocenters. The summed E-state index contributed by atoms with van der Waals surface area (Å²) in [5.41, 5.74) is 1.53. The van der Waals surface area contributed by atoms with E-state index in [1.165, 1.54) is 12.1 Å². The Bertz CT molecular complexity index is 807. The Balaban J connectivity index is 2.18. The number of phenolic OH excluding ortho intramolecular Hbond substituents is 1. The second-order valence-electron chi connectivity index (χ2n) is 5.44. The van der Waals surface area contributed by atoms with Gasteiger partial charge in [-0.05, 0) is 43.2 Å². The highest BCUT2D eigenvalue weighted by Gasteiger charge is 2.14. The first-order valence-electron chi connectivity index (χ1n) is 7.98. The monoisotopic (exact) mass is 336 g/mol. The first kappa shape index (κ1) is 18.1. The number of nitriles is 1. The normalized spacial score (nSPS) is 12.1. The van der Waals surface area contributed by atoms with Crippen LogP contribution in [0.1, 0.15) is 31.0 Å². The van der Waals surface area contributed by atoms with Crippen LogP contribution in [0.4, 0.5) is 0 Å². The molecule has 1 amide bonds. The summed E-state index contributed by atoms with van der Waals surface area (Å²) < 4.78 is 5.31. The van der Waals surface area contributed by atoms with E-state index in [-0.39, 0.29) is 17.4 Å². The number of phenols is 1. The third-order valence-corrected chi connectivity index (χ3v) is 3.61. The molecule has 0 bridgehead atoms. The average molecular weight is 336 g/mol. The van der Waals surface area contributed by atoms with Crippen LogP contribution in [0.2, 0.25) is 0 Å². The molecule has 5 nitrogen and oxygen atoms in total. The van der Waals surface area contributed by atoms with Crippen molar-refractivity contribution in [3.8, 4) is 17.6 Å². The van der Waals surface area contributed by atoms with Gasteiger partial charge >= 0.3 is 0 Å². The van der Waals surface area contributed by atoms with Crippen molar-refractivity contribution in [1.82, 2.24) is 5.32 Å². The zero-order chi connectivity index (χ0) is 18.2. The highest BCUT2D eigenvalue weighted by atomic mass is 16.5. The summed E-state index contributed by atoms with van der Waals surface area (Å²) in [6.07, 6.45) is 1.47. The van der Waals surface area contributed by atoms with Crippen LogP contribution in [-0.2, 0) is 4.79 Å². The molecule has 0 heterocycles. The van der Waals surface area contributed by atoms with E-state index in [2.05, 4.69) is 5.32 Å². The van der Waals surface area contributed by atoms with Gasteiger partial charge in [0.2, 0.25) is 0 Å². The average Bonchev–Trinajstić information content (AvgIpc) is 2.63. The summed E-state index contributed by atoms with van der Waals surface area (Å²) in [4.78, 5) is 12.4. The summed E-state index contributed by atoms with van der Waals surface area (Å²) in [7, 11) is 0. The smallest absolute Gasteiger partial charge is 0.262 e. The first-order valence-corrected chi connectivity index (χ1v) is 7.98. The SMILES string of the molecule is CCOc1cc(/C=C(\C#N)C(=O)N[C@H](C)c2ccccc2)ccc1O. The molecule has 0 saturated carbocycles. The molecular formula is C20H20N2O3. The van der Waals surface area contributed by atoms with E-state index in [4.69, 9.17) is 4.74 Å². The molecule has 25 heavy (non-hydrogen) atoms. The van der Waals surface area contributed by atoms with Crippen molar-refractivity contribution in [3.05, 3.63) is 65.2 Å². The third kappa shape index (κ3) is 4.85. The molecule has 0 aliphatic heterocycles. The van der Waals surface area contributed by atoms with Crippen LogP contribution in [0, 0.1) is 11.3 Å². The Morgan fingerprint density at radius 1 is 1.32 bits per heavy atom. The van der Waals surface area contributed by atoms with Crippen LogP contribution in [0.25, 0.3) is 6.08 Å². The minimum Gasteiger partial charge on any atom is -0.504 e. The fourth-order valence-corrected chi connectivity index (χ4v) is 2.31. The lowest BCUT2D eigenvalue weighted by Gasteiger charge is -2.13. The minimum absolute atomic E-state index is 0.0136. The van der Waals surface area contributed by atoms with Crippen LogP contribution >= 0.6 is 0 Å². The minimum atomic E-state index is -0.454. The maximum absolute atomic E-state index is 12.4. The second kappa shape index (κ2) is 8.55. The molecule has 0 radical (unpaired) electrons. The molecule has 2 aromatic carbocycles. The van der Waals surface area contributed by atoms with Crippen LogP contribution < -0.4 is 10.1 Å². The Hall–Kier alpha value is -3.26. The predicted octanol–water partition coefficient (Wildman–Crippen LogP) is 3.58. The topological polar surface area (TPSA) is 82.3 Å². The van der Waals surface area contributed by atoms with Crippen molar-refractivity contribution >= 4 is 12.0 Å². The Kier molecular flexibility index (Phi) is 6.19. The van der Waals surface area contributed by atoms with Crippen molar-refractivity contribution in [2.75, 3.05) is 6.61 Å². The number of carbonyl (C=O) groups excluding carboxylic acids is 1. The number of nitrogens with zero attached hydrogens (tertiary/aromatic N) is 1. The summed E-state index contributed by atoms with van der Waals surface area (Å²) in [6.45, 7) is 4.07. The zero-order valence-corrected chi connectivity index (χ0v) is 14.2. The number of benzene rings is 2. The Labute approximate surface area is 147 Å². The maximum Gasteiger partial charge on any atom is 0.262 e. The third-order valence-electron chi connectivity index (χ3n) is 3.61. The van der Waals surface area contributed by atoms with Gasteiger partial charge in [-0.1, -0.05) is 36.4 Å². The van der Waals surface area contributed by atoms with Crippen molar-refractivity contribution < 1.29 is 14.6 Å². The standard InChI is InChI=1S/C20H20N2O3/c1-3-25-19-12-15(9-10-18(19)23)11-17(13-21)20(24)22-14(2)16-7-5-4-6-8-16/h4-12,14,23H,3H2,1-2H3,(H,22,24)/b17-11+/t14-/m1/s1. The van der Waals surface area contributed by atoms with Crippen LogP contribution in [0.5, 0.6) is 11.5 Å². The summed E-state index contributed by atoms with van der Waals surface area (Å²) in [6, 6.07) is 15.9. The molecular weight excluding hydrogens is 316 g/mol. The molecule has 0 aliphatic carbocycles. The van der Waals surface area contributed by atoms with Crippen molar-refractivity contribution in [3.63, 3.8) is 0 Å². The summed E-state index contributed by atoms with van der Waals surface area (Å²) in [5.74, 6) is -0.129. The van der Waals surface area contributed by atoms with Crippen molar-refractivity contribution in [2.24, 2.45) is 0 Å². The van der Waals surface area contributed by atoms with Gasteiger partial charge in [0.15, 0.2) is 11.5 Å². The van der Waals surface area contributed by atoms with E-state index in [9.17, 15) is 15.2 Å². The Morgan fingerprint density at radius 2 is 2.04 bits per heavy atom. The molecule has 0 saturated heterocycles. The number of hydrogen-bond donors (Lipinski definition) is 2. The molecule has 1 atom stereocenters. The fraction of sp³-hybridized carbons (Fsp3) is 0.200. The molecule has 0 aromatic heterocycles. The van der Waals surface area contributed by atoms with Crippen LogP contribution in [-0.4, -0.2) is 17.6 Å². The second-order valence-corrected chi connectivity index (χ2v) is 5.44. The van der Waals surface area contributed by atoms with E-state index >= 15 is 0 Å². The van der Waals surface area contributed by atoms with Gasteiger partial charge in [0.05, 0.1) is 12.6 Å². The summed E-state index contributed by atoms with van der Waals surface area (Å²) in [5, 5.41) is 21.8. The molecule has 5 heteroatoms. The number of amides is 1. The largest absolute Gasteiger partial charge is 0.504 e. The molecule has 2 aromatic rings. The van der Waals surface area contributed by atoms with E-state index in [0.717, 1.165) is 5.56 Å². The quantitative estimate of drug-likeness (QED) is 0.624. The van der Waals surface area contributed by atoms with E-state index < -0.39 is 5.91 Å². The number of aromatic hydroxyl groups is 1. The van der Waals surface area contributed by atoms with E-state index in [1.807, 2.05) is 43.3 Å². The maximum atomic E-state index is 12.4. The number of nitrogens with one attached hydrogen (secondary N) is 1. The molecule has 2 N–H and O–H groups in total. The summed E-state index contributed by atoms with van der Waals surface area (Å²) >= 11 is 0. The number of ether oxygens (including phenoxy) is 1. The Morgan fingerprint density at radius 3 is 2.68 bits per heavy atom. The molecule has 0 spiro atoms. The van der Waals surface area contributed by atoms with Crippen molar-refractivity contribution in [1.29, 1.82) is 5.26 Å².